The zero-order chi connectivity index (χ0) is 13.8. The van der Waals surface area contributed by atoms with E-state index in [1.807, 2.05) is 0 Å². The van der Waals surface area contributed by atoms with Crippen molar-refractivity contribution < 1.29 is 9.13 Å². The Morgan fingerprint density at radius 1 is 1.47 bits per heavy atom. The van der Waals surface area contributed by atoms with Gasteiger partial charge in [-0.05, 0) is 24.5 Å². The lowest BCUT2D eigenvalue weighted by Crippen LogP contribution is -2.23. The summed E-state index contributed by atoms with van der Waals surface area (Å²) in [5.41, 5.74) is 0.800. The molecule has 1 aromatic carbocycles. The van der Waals surface area contributed by atoms with Crippen LogP contribution in [0.15, 0.2) is 23.2 Å². The lowest BCUT2D eigenvalue weighted by molar-refractivity contribution is 0.387. The summed E-state index contributed by atoms with van der Waals surface area (Å²) >= 11 is 1.70. The summed E-state index contributed by atoms with van der Waals surface area (Å²) in [5, 5.41) is 4.14. The monoisotopic (exact) mass is 282 g/mol. The Morgan fingerprint density at radius 2 is 2.26 bits per heavy atom. The van der Waals surface area contributed by atoms with Crippen LogP contribution in [0, 0.1) is 11.7 Å². The highest BCUT2D eigenvalue weighted by molar-refractivity contribution is 8.14. The predicted molar refractivity (Wildman–Crippen MR) is 79.7 cm³/mol. The van der Waals surface area contributed by atoms with Crippen LogP contribution in [0.5, 0.6) is 5.75 Å². The minimum absolute atomic E-state index is 0.242. The molecule has 2 rings (SSSR count). The topological polar surface area (TPSA) is 33.6 Å². The Kier molecular flexibility index (Phi) is 4.69. The number of hydrogen-bond donors (Lipinski definition) is 1. The average Bonchev–Trinajstić information content (AvgIpc) is 2.41. The van der Waals surface area contributed by atoms with E-state index in [9.17, 15) is 4.39 Å². The lowest BCUT2D eigenvalue weighted by Gasteiger charge is -2.23. The van der Waals surface area contributed by atoms with Crippen molar-refractivity contribution in [2.75, 3.05) is 18.2 Å². The van der Waals surface area contributed by atoms with Crippen LogP contribution in [0.4, 0.5) is 10.1 Å². The number of aliphatic imine (C=N–C) groups is 1. The van der Waals surface area contributed by atoms with E-state index in [0.717, 1.165) is 23.0 Å². The van der Waals surface area contributed by atoms with Crippen LogP contribution < -0.4 is 10.1 Å². The van der Waals surface area contributed by atoms with Crippen molar-refractivity contribution in [3.05, 3.63) is 24.0 Å². The molecule has 0 radical (unpaired) electrons. The number of nitrogens with one attached hydrogen (secondary N) is 1. The SMILES string of the molecule is COc1cc(NC2=NC(C(C)C)CCS2)ccc1F. The quantitative estimate of drug-likeness (QED) is 0.916. The number of rotatable bonds is 3. The molecule has 1 aliphatic rings. The molecule has 1 heterocycles. The molecule has 0 aromatic heterocycles. The molecule has 0 bridgehead atoms. The van der Waals surface area contributed by atoms with Gasteiger partial charge in [-0.2, -0.15) is 0 Å². The van der Waals surface area contributed by atoms with Gasteiger partial charge in [0.25, 0.3) is 0 Å². The molecule has 0 amide bonds. The van der Waals surface area contributed by atoms with Gasteiger partial charge >= 0.3 is 0 Å². The Morgan fingerprint density at radius 3 is 2.95 bits per heavy atom. The minimum atomic E-state index is -0.355. The van der Waals surface area contributed by atoms with Gasteiger partial charge in [0.2, 0.25) is 0 Å². The number of halogens is 1. The molecule has 1 atom stereocenters. The molecular formula is C14H19FN2OS. The number of anilines is 1. The van der Waals surface area contributed by atoms with E-state index in [0.29, 0.717) is 12.0 Å². The van der Waals surface area contributed by atoms with Crippen LogP contribution in [-0.2, 0) is 0 Å². The zero-order valence-electron chi connectivity index (χ0n) is 11.4. The Hall–Kier alpha value is -1.23. The molecule has 19 heavy (non-hydrogen) atoms. The number of amidine groups is 1. The first-order chi connectivity index (χ1) is 9.10. The van der Waals surface area contributed by atoms with Crippen molar-refractivity contribution in [2.24, 2.45) is 10.9 Å². The van der Waals surface area contributed by atoms with Crippen LogP contribution >= 0.6 is 11.8 Å². The second kappa shape index (κ2) is 6.28. The molecular weight excluding hydrogens is 263 g/mol. The summed E-state index contributed by atoms with van der Waals surface area (Å²) in [6.07, 6.45) is 1.11. The third kappa shape index (κ3) is 3.62. The summed E-state index contributed by atoms with van der Waals surface area (Å²) in [6.45, 7) is 4.37. The maximum absolute atomic E-state index is 13.3. The van der Waals surface area contributed by atoms with Crippen LogP contribution in [-0.4, -0.2) is 24.1 Å². The highest BCUT2D eigenvalue weighted by atomic mass is 32.2. The Balaban J connectivity index is 2.12. The Labute approximate surface area is 117 Å². The molecule has 104 valence electrons. The van der Waals surface area contributed by atoms with Crippen LogP contribution in [0.1, 0.15) is 20.3 Å². The van der Waals surface area contributed by atoms with Gasteiger partial charge in [0.05, 0.1) is 13.2 Å². The lowest BCUT2D eigenvalue weighted by atomic mass is 10.0. The normalized spacial score (nSPS) is 19.2. The molecule has 1 N–H and O–H groups in total. The first kappa shape index (κ1) is 14.2. The van der Waals surface area contributed by atoms with Gasteiger partial charge in [-0.25, -0.2) is 4.39 Å². The maximum Gasteiger partial charge on any atom is 0.165 e. The number of nitrogens with zero attached hydrogens (tertiary/aromatic N) is 1. The molecule has 1 aliphatic heterocycles. The van der Waals surface area contributed by atoms with E-state index < -0.39 is 0 Å². The van der Waals surface area contributed by atoms with Crippen LogP contribution in [0.2, 0.25) is 0 Å². The molecule has 0 saturated carbocycles. The van der Waals surface area contributed by atoms with Crippen molar-refractivity contribution in [2.45, 2.75) is 26.3 Å². The summed E-state index contributed by atoms with van der Waals surface area (Å²) in [7, 11) is 1.46. The first-order valence-corrected chi connectivity index (χ1v) is 7.40. The highest BCUT2D eigenvalue weighted by Gasteiger charge is 2.18. The molecule has 3 nitrogen and oxygen atoms in total. The van der Waals surface area contributed by atoms with E-state index >= 15 is 0 Å². The van der Waals surface area contributed by atoms with E-state index in [4.69, 9.17) is 4.74 Å². The predicted octanol–water partition coefficient (Wildman–Crippen LogP) is 3.76. The van der Waals surface area contributed by atoms with Gasteiger partial charge in [0.15, 0.2) is 16.7 Å². The van der Waals surface area contributed by atoms with Gasteiger partial charge in [-0.15, -0.1) is 0 Å². The molecule has 0 saturated heterocycles. The standard InChI is InChI=1S/C14H19FN2OS/c1-9(2)12-6-7-19-14(17-12)16-10-4-5-11(15)13(8-10)18-3/h4-5,8-9,12H,6-7H2,1-3H3,(H,16,17). The zero-order valence-corrected chi connectivity index (χ0v) is 12.3. The second-order valence-electron chi connectivity index (χ2n) is 4.86. The number of benzene rings is 1. The number of hydrogen-bond acceptors (Lipinski definition) is 4. The van der Waals surface area contributed by atoms with Crippen LogP contribution in [0.25, 0.3) is 0 Å². The summed E-state index contributed by atoms with van der Waals surface area (Å²) in [5.74, 6) is 1.49. The van der Waals surface area contributed by atoms with Crippen molar-refractivity contribution in [1.29, 1.82) is 0 Å². The highest BCUT2D eigenvalue weighted by Crippen LogP contribution is 2.26. The van der Waals surface area contributed by atoms with Gasteiger partial charge in [-0.1, -0.05) is 25.6 Å². The second-order valence-corrected chi connectivity index (χ2v) is 5.94. The number of ether oxygens (including phenoxy) is 1. The van der Waals surface area contributed by atoms with Crippen molar-refractivity contribution >= 4 is 22.6 Å². The van der Waals surface area contributed by atoms with Gasteiger partial charge in [-0.3, -0.25) is 4.99 Å². The summed E-state index contributed by atoms with van der Waals surface area (Å²) < 4.78 is 18.3. The first-order valence-electron chi connectivity index (χ1n) is 6.41. The molecule has 0 fully saturated rings. The fourth-order valence-electron chi connectivity index (χ4n) is 1.94. The van der Waals surface area contributed by atoms with Crippen LogP contribution in [0.3, 0.4) is 0 Å². The van der Waals surface area contributed by atoms with Gasteiger partial charge in [0, 0.05) is 17.5 Å². The minimum Gasteiger partial charge on any atom is -0.494 e. The van der Waals surface area contributed by atoms with E-state index in [1.165, 1.54) is 13.2 Å². The smallest absolute Gasteiger partial charge is 0.165 e. The maximum atomic E-state index is 13.3. The van der Waals surface area contributed by atoms with Crippen molar-refractivity contribution in [3.8, 4) is 5.75 Å². The van der Waals surface area contributed by atoms with Crippen molar-refractivity contribution in [3.63, 3.8) is 0 Å². The number of thioether (sulfide) groups is 1. The third-order valence-corrected chi connectivity index (χ3v) is 4.03. The molecule has 0 aliphatic carbocycles. The molecule has 0 spiro atoms. The third-order valence-electron chi connectivity index (χ3n) is 3.11. The molecule has 5 heteroatoms. The Bertz CT molecular complexity index is 477. The average molecular weight is 282 g/mol. The molecule has 1 aromatic rings. The summed E-state index contributed by atoms with van der Waals surface area (Å²) in [4.78, 5) is 4.69. The fourth-order valence-corrected chi connectivity index (χ4v) is 2.89. The van der Waals surface area contributed by atoms with Crippen molar-refractivity contribution in [1.82, 2.24) is 0 Å². The largest absolute Gasteiger partial charge is 0.494 e. The van der Waals surface area contributed by atoms with E-state index in [1.54, 1.807) is 23.9 Å². The van der Waals surface area contributed by atoms with E-state index in [2.05, 4.69) is 24.2 Å². The van der Waals surface area contributed by atoms with E-state index in [-0.39, 0.29) is 11.6 Å². The number of methoxy groups -OCH3 is 1. The van der Waals surface area contributed by atoms with Gasteiger partial charge < -0.3 is 10.1 Å². The van der Waals surface area contributed by atoms with Gasteiger partial charge in [0.1, 0.15) is 0 Å². The fraction of sp³-hybridized carbons (Fsp3) is 0.500. The molecule has 1 unspecified atom stereocenters. The summed E-state index contributed by atoms with van der Waals surface area (Å²) in [6, 6.07) is 5.11.